The fourth-order valence-electron chi connectivity index (χ4n) is 1.42. The SMILES string of the molecule is Cl.N[C@H]1CCN(C(=O)CCC(F)(F)F)C1. The van der Waals surface area contributed by atoms with E-state index in [1.165, 1.54) is 4.90 Å². The monoisotopic (exact) mass is 246 g/mol. The Morgan fingerprint density at radius 2 is 2.07 bits per heavy atom. The van der Waals surface area contributed by atoms with Crippen LogP contribution in [0.4, 0.5) is 13.2 Å². The molecule has 0 aromatic heterocycles. The largest absolute Gasteiger partial charge is 0.389 e. The lowest BCUT2D eigenvalue weighted by Crippen LogP contribution is -2.32. The van der Waals surface area contributed by atoms with Crippen molar-refractivity contribution in [3.8, 4) is 0 Å². The number of carbonyl (C=O) groups is 1. The minimum atomic E-state index is -4.25. The lowest BCUT2D eigenvalue weighted by Gasteiger charge is -2.16. The summed E-state index contributed by atoms with van der Waals surface area (Å²) < 4.78 is 35.4. The van der Waals surface area contributed by atoms with Gasteiger partial charge < -0.3 is 10.6 Å². The van der Waals surface area contributed by atoms with Crippen molar-refractivity contribution in [3.05, 3.63) is 0 Å². The first-order valence-electron chi connectivity index (χ1n) is 4.48. The van der Waals surface area contributed by atoms with Crippen LogP contribution in [0, 0.1) is 0 Å². The van der Waals surface area contributed by atoms with E-state index in [1.54, 1.807) is 0 Å². The van der Waals surface area contributed by atoms with E-state index in [4.69, 9.17) is 5.73 Å². The van der Waals surface area contributed by atoms with Crippen molar-refractivity contribution in [2.45, 2.75) is 31.5 Å². The zero-order valence-corrected chi connectivity index (χ0v) is 8.90. The smallest absolute Gasteiger partial charge is 0.341 e. The Bertz CT molecular complexity index is 222. The van der Waals surface area contributed by atoms with Crippen LogP contribution in [0.2, 0.25) is 0 Å². The van der Waals surface area contributed by atoms with E-state index in [0.717, 1.165) is 0 Å². The Hall–Kier alpha value is -0.490. The van der Waals surface area contributed by atoms with Crippen molar-refractivity contribution in [3.63, 3.8) is 0 Å². The lowest BCUT2D eigenvalue weighted by molar-refractivity contribution is -0.148. The third kappa shape index (κ3) is 5.22. The average Bonchev–Trinajstić information content (AvgIpc) is 2.46. The molecule has 7 heteroatoms. The predicted octanol–water partition coefficient (Wildman–Crippen LogP) is 1.31. The molecule has 0 unspecified atom stereocenters. The first kappa shape index (κ1) is 14.5. The number of hydrogen-bond acceptors (Lipinski definition) is 2. The summed E-state index contributed by atoms with van der Waals surface area (Å²) in [6.45, 7) is 0.870. The highest BCUT2D eigenvalue weighted by atomic mass is 35.5. The molecule has 3 nitrogen and oxygen atoms in total. The molecule has 1 rings (SSSR count). The van der Waals surface area contributed by atoms with Crippen LogP contribution in [0.5, 0.6) is 0 Å². The van der Waals surface area contributed by atoms with E-state index >= 15 is 0 Å². The van der Waals surface area contributed by atoms with Gasteiger partial charge in [0.05, 0.1) is 6.42 Å². The molecule has 0 radical (unpaired) electrons. The number of hydrogen-bond donors (Lipinski definition) is 1. The number of halogens is 4. The summed E-state index contributed by atoms with van der Waals surface area (Å²) in [6.07, 6.45) is -5.08. The molecule has 1 saturated heterocycles. The molecule has 1 heterocycles. The highest BCUT2D eigenvalue weighted by Gasteiger charge is 2.30. The Morgan fingerprint density at radius 1 is 1.47 bits per heavy atom. The van der Waals surface area contributed by atoms with Crippen LogP contribution in [0.15, 0.2) is 0 Å². The average molecular weight is 247 g/mol. The lowest BCUT2D eigenvalue weighted by atomic mass is 10.3. The zero-order chi connectivity index (χ0) is 10.8. The zero-order valence-electron chi connectivity index (χ0n) is 8.09. The number of alkyl halides is 3. The van der Waals surface area contributed by atoms with E-state index in [1.807, 2.05) is 0 Å². The summed E-state index contributed by atoms with van der Waals surface area (Å²) in [5.41, 5.74) is 5.53. The topological polar surface area (TPSA) is 46.3 Å². The van der Waals surface area contributed by atoms with Crippen LogP contribution in [0.1, 0.15) is 19.3 Å². The molecule has 1 fully saturated rings. The molecule has 0 aromatic carbocycles. The van der Waals surface area contributed by atoms with Crippen molar-refractivity contribution in [1.82, 2.24) is 4.90 Å². The minimum Gasteiger partial charge on any atom is -0.341 e. The molecule has 90 valence electrons. The molecule has 1 aliphatic rings. The van der Waals surface area contributed by atoms with Crippen molar-refractivity contribution in [1.29, 1.82) is 0 Å². The molecule has 1 atom stereocenters. The van der Waals surface area contributed by atoms with Gasteiger partial charge in [0.25, 0.3) is 0 Å². The number of rotatable bonds is 2. The third-order valence-corrected chi connectivity index (χ3v) is 2.20. The number of amides is 1. The Kier molecular flexibility index (Phi) is 5.37. The van der Waals surface area contributed by atoms with Gasteiger partial charge in [-0.25, -0.2) is 0 Å². The minimum absolute atomic E-state index is 0. The Balaban J connectivity index is 0.00000196. The van der Waals surface area contributed by atoms with E-state index in [-0.39, 0.29) is 18.4 Å². The van der Waals surface area contributed by atoms with Gasteiger partial charge in [-0.3, -0.25) is 4.79 Å². The Morgan fingerprint density at radius 3 is 2.47 bits per heavy atom. The summed E-state index contributed by atoms with van der Waals surface area (Å²) >= 11 is 0. The van der Waals surface area contributed by atoms with Gasteiger partial charge in [0.2, 0.25) is 5.91 Å². The summed E-state index contributed by atoms with van der Waals surface area (Å²) in [6, 6.07) is -0.0789. The molecule has 15 heavy (non-hydrogen) atoms. The molecule has 0 bridgehead atoms. The molecular formula is C8H14ClF3N2O. The van der Waals surface area contributed by atoms with Crippen LogP contribution >= 0.6 is 12.4 Å². The molecule has 0 aromatic rings. The van der Waals surface area contributed by atoms with Crippen LogP contribution < -0.4 is 5.73 Å². The molecule has 0 saturated carbocycles. The maximum atomic E-state index is 11.8. The van der Waals surface area contributed by atoms with Crippen molar-refractivity contribution >= 4 is 18.3 Å². The van der Waals surface area contributed by atoms with Gasteiger partial charge in [0.1, 0.15) is 0 Å². The summed E-state index contributed by atoms with van der Waals surface area (Å²) in [5.74, 6) is -0.449. The second-order valence-corrected chi connectivity index (χ2v) is 3.50. The maximum absolute atomic E-state index is 11.8. The fraction of sp³-hybridized carbons (Fsp3) is 0.875. The first-order valence-corrected chi connectivity index (χ1v) is 4.48. The van der Waals surface area contributed by atoms with Gasteiger partial charge >= 0.3 is 6.18 Å². The fourth-order valence-corrected chi connectivity index (χ4v) is 1.42. The predicted molar refractivity (Wildman–Crippen MR) is 51.7 cm³/mol. The van der Waals surface area contributed by atoms with Crippen LogP contribution in [0.3, 0.4) is 0 Å². The quantitative estimate of drug-likeness (QED) is 0.799. The molecule has 1 aliphatic heterocycles. The molecular weight excluding hydrogens is 233 g/mol. The normalized spacial score (nSPS) is 21.3. The van der Waals surface area contributed by atoms with Crippen LogP contribution in [-0.2, 0) is 4.79 Å². The summed E-state index contributed by atoms with van der Waals surface area (Å²) in [7, 11) is 0. The van der Waals surface area contributed by atoms with E-state index in [9.17, 15) is 18.0 Å². The molecule has 0 aliphatic carbocycles. The second kappa shape index (κ2) is 5.55. The molecule has 1 amide bonds. The van der Waals surface area contributed by atoms with Crippen LogP contribution in [-0.4, -0.2) is 36.1 Å². The van der Waals surface area contributed by atoms with Gasteiger partial charge in [0, 0.05) is 25.6 Å². The second-order valence-electron chi connectivity index (χ2n) is 3.50. The molecule has 2 N–H and O–H groups in total. The summed E-state index contributed by atoms with van der Waals surface area (Å²) in [5, 5.41) is 0. The number of carbonyl (C=O) groups excluding carboxylic acids is 1. The highest BCUT2D eigenvalue weighted by molar-refractivity contribution is 5.85. The number of nitrogens with two attached hydrogens (primary N) is 1. The van der Waals surface area contributed by atoms with Crippen molar-refractivity contribution in [2.75, 3.05) is 13.1 Å². The van der Waals surface area contributed by atoms with E-state index in [0.29, 0.717) is 19.5 Å². The summed E-state index contributed by atoms with van der Waals surface area (Å²) in [4.78, 5) is 12.6. The maximum Gasteiger partial charge on any atom is 0.389 e. The van der Waals surface area contributed by atoms with Crippen LogP contribution in [0.25, 0.3) is 0 Å². The van der Waals surface area contributed by atoms with Gasteiger partial charge in [-0.15, -0.1) is 12.4 Å². The third-order valence-electron chi connectivity index (χ3n) is 2.20. The molecule has 0 spiro atoms. The number of likely N-dealkylation sites (tertiary alicyclic amines) is 1. The van der Waals surface area contributed by atoms with Gasteiger partial charge in [-0.2, -0.15) is 13.2 Å². The van der Waals surface area contributed by atoms with Gasteiger partial charge in [-0.1, -0.05) is 0 Å². The van der Waals surface area contributed by atoms with Crippen molar-refractivity contribution < 1.29 is 18.0 Å². The van der Waals surface area contributed by atoms with E-state index < -0.39 is 24.9 Å². The van der Waals surface area contributed by atoms with Crippen molar-refractivity contribution in [2.24, 2.45) is 5.73 Å². The van der Waals surface area contributed by atoms with Gasteiger partial charge in [0.15, 0.2) is 0 Å². The van der Waals surface area contributed by atoms with E-state index in [2.05, 4.69) is 0 Å². The highest BCUT2D eigenvalue weighted by Crippen LogP contribution is 2.22. The Labute approximate surface area is 92.2 Å². The van der Waals surface area contributed by atoms with Gasteiger partial charge in [-0.05, 0) is 6.42 Å². The first-order chi connectivity index (χ1) is 6.38. The standard InChI is InChI=1S/C8H13F3N2O.ClH/c9-8(10,11)3-1-7(14)13-4-2-6(12)5-13;/h6H,1-5,12H2;1H/t6-;/m0./s1. The number of nitrogens with zero attached hydrogens (tertiary/aromatic N) is 1.